The van der Waals surface area contributed by atoms with Crippen LogP contribution in [-0.2, 0) is 4.79 Å². The molecule has 18 heavy (non-hydrogen) atoms. The van der Waals surface area contributed by atoms with Crippen LogP contribution in [0.1, 0.15) is 18.4 Å². The van der Waals surface area contributed by atoms with Crippen molar-refractivity contribution in [3.05, 3.63) is 40.9 Å². The summed E-state index contributed by atoms with van der Waals surface area (Å²) in [6, 6.07) is 5.93. The number of carbonyl (C=O) groups is 1. The van der Waals surface area contributed by atoms with Gasteiger partial charge in [-0.1, -0.05) is 12.1 Å². The van der Waals surface area contributed by atoms with E-state index in [-0.39, 0.29) is 5.91 Å². The summed E-state index contributed by atoms with van der Waals surface area (Å²) in [5.74, 6) is 0.841. The molecule has 0 fully saturated rings. The Bertz CT molecular complexity index is 418. The molecule has 0 aliphatic rings. The van der Waals surface area contributed by atoms with Crippen LogP contribution in [-0.4, -0.2) is 19.1 Å². The van der Waals surface area contributed by atoms with Crippen LogP contribution in [0, 0.1) is 6.92 Å². The molecule has 0 heterocycles. The van der Waals surface area contributed by atoms with Crippen molar-refractivity contribution in [2.45, 2.75) is 19.8 Å². The smallest absolute Gasteiger partial charge is 0.220 e. The molecule has 98 valence electrons. The Morgan fingerprint density at radius 2 is 2.33 bits per heavy atom. The van der Waals surface area contributed by atoms with E-state index in [0.717, 1.165) is 10.2 Å². The normalized spacial score (nSPS) is 9.89. The Morgan fingerprint density at radius 3 is 3.00 bits per heavy atom. The standard InChI is InChI=1S/C14H18BrNO2/c1-3-8-16-14(17)5-4-9-18-13-7-6-11(2)10-12(13)15/h3,6-7,10H,1,4-5,8-9H2,2H3,(H,16,17). The van der Waals surface area contributed by atoms with Gasteiger partial charge < -0.3 is 10.1 Å². The third kappa shape index (κ3) is 5.36. The van der Waals surface area contributed by atoms with Crippen LogP contribution in [0.15, 0.2) is 35.3 Å². The number of rotatable bonds is 7. The van der Waals surface area contributed by atoms with Gasteiger partial charge in [-0.3, -0.25) is 4.79 Å². The Kier molecular flexibility index (Phi) is 6.50. The number of benzene rings is 1. The van der Waals surface area contributed by atoms with Crippen molar-refractivity contribution < 1.29 is 9.53 Å². The summed E-state index contributed by atoms with van der Waals surface area (Å²) in [5.41, 5.74) is 1.18. The van der Waals surface area contributed by atoms with Crippen molar-refractivity contribution in [2.75, 3.05) is 13.2 Å². The molecule has 1 rings (SSSR count). The highest BCUT2D eigenvalue weighted by molar-refractivity contribution is 9.10. The number of ether oxygens (including phenoxy) is 1. The van der Waals surface area contributed by atoms with Crippen LogP contribution in [0.4, 0.5) is 0 Å². The van der Waals surface area contributed by atoms with Crippen molar-refractivity contribution >= 4 is 21.8 Å². The van der Waals surface area contributed by atoms with Crippen LogP contribution in [0.5, 0.6) is 5.75 Å². The van der Waals surface area contributed by atoms with Gasteiger partial charge in [-0.05, 0) is 47.0 Å². The van der Waals surface area contributed by atoms with Gasteiger partial charge in [0.15, 0.2) is 0 Å². The van der Waals surface area contributed by atoms with E-state index >= 15 is 0 Å². The molecule has 0 aliphatic heterocycles. The van der Waals surface area contributed by atoms with Crippen LogP contribution in [0.25, 0.3) is 0 Å². The van der Waals surface area contributed by atoms with Gasteiger partial charge in [0, 0.05) is 13.0 Å². The second kappa shape index (κ2) is 7.93. The van der Waals surface area contributed by atoms with Crippen LogP contribution >= 0.6 is 15.9 Å². The van der Waals surface area contributed by atoms with E-state index < -0.39 is 0 Å². The summed E-state index contributed by atoms with van der Waals surface area (Å²) in [7, 11) is 0. The van der Waals surface area contributed by atoms with Gasteiger partial charge in [0.1, 0.15) is 5.75 Å². The lowest BCUT2D eigenvalue weighted by molar-refractivity contribution is -0.121. The van der Waals surface area contributed by atoms with E-state index in [2.05, 4.69) is 27.8 Å². The first kappa shape index (κ1) is 14.8. The van der Waals surface area contributed by atoms with E-state index in [1.807, 2.05) is 25.1 Å². The molecule has 0 unspecified atom stereocenters. The lowest BCUT2D eigenvalue weighted by Crippen LogP contribution is -2.23. The third-order valence-electron chi connectivity index (χ3n) is 2.34. The second-order valence-corrected chi connectivity index (χ2v) is 4.83. The molecule has 0 aromatic heterocycles. The van der Waals surface area contributed by atoms with Crippen molar-refractivity contribution in [3.63, 3.8) is 0 Å². The van der Waals surface area contributed by atoms with Crippen LogP contribution in [0.3, 0.4) is 0 Å². The summed E-state index contributed by atoms with van der Waals surface area (Å²) < 4.78 is 6.54. The topological polar surface area (TPSA) is 38.3 Å². The largest absolute Gasteiger partial charge is 0.492 e. The van der Waals surface area contributed by atoms with Crippen molar-refractivity contribution in [2.24, 2.45) is 0 Å². The predicted molar refractivity (Wildman–Crippen MR) is 76.8 cm³/mol. The quantitative estimate of drug-likeness (QED) is 0.620. The van der Waals surface area contributed by atoms with Gasteiger partial charge in [0.05, 0.1) is 11.1 Å². The van der Waals surface area contributed by atoms with Crippen LogP contribution in [0.2, 0.25) is 0 Å². The maximum atomic E-state index is 11.3. The fraction of sp³-hybridized carbons (Fsp3) is 0.357. The molecule has 3 nitrogen and oxygen atoms in total. The number of carbonyl (C=O) groups excluding carboxylic acids is 1. The number of halogens is 1. The SMILES string of the molecule is C=CCNC(=O)CCCOc1ccc(C)cc1Br. The first-order valence-electron chi connectivity index (χ1n) is 5.90. The highest BCUT2D eigenvalue weighted by Gasteiger charge is 2.02. The molecule has 0 radical (unpaired) electrons. The highest BCUT2D eigenvalue weighted by Crippen LogP contribution is 2.25. The Labute approximate surface area is 116 Å². The summed E-state index contributed by atoms with van der Waals surface area (Å²) >= 11 is 3.45. The van der Waals surface area contributed by atoms with Gasteiger partial charge in [-0.15, -0.1) is 6.58 Å². The summed E-state index contributed by atoms with van der Waals surface area (Å²) in [6.45, 7) is 6.62. The zero-order valence-electron chi connectivity index (χ0n) is 10.5. The summed E-state index contributed by atoms with van der Waals surface area (Å²) in [5, 5.41) is 2.73. The maximum Gasteiger partial charge on any atom is 0.220 e. The van der Waals surface area contributed by atoms with Crippen molar-refractivity contribution in [3.8, 4) is 5.75 Å². The average molecular weight is 312 g/mol. The molecule has 0 bridgehead atoms. The predicted octanol–water partition coefficient (Wildman–Crippen LogP) is 3.22. The maximum absolute atomic E-state index is 11.3. The first-order chi connectivity index (χ1) is 8.63. The molecule has 1 aromatic rings. The first-order valence-corrected chi connectivity index (χ1v) is 6.69. The Hall–Kier alpha value is -1.29. The molecule has 1 aromatic carbocycles. The fourth-order valence-corrected chi connectivity index (χ4v) is 2.02. The minimum absolute atomic E-state index is 0.0291. The van der Waals surface area contributed by atoms with Crippen LogP contribution < -0.4 is 10.1 Å². The highest BCUT2D eigenvalue weighted by atomic mass is 79.9. The molecular formula is C14H18BrNO2. The van der Waals surface area contributed by atoms with Gasteiger partial charge in [0.2, 0.25) is 5.91 Å². The lowest BCUT2D eigenvalue weighted by atomic mass is 10.2. The number of nitrogens with one attached hydrogen (secondary N) is 1. The molecule has 0 saturated heterocycles. The van der Waals surface area contributed by atoms with Gasteiger partial charge in [-0.2, -0.15) is 0 Å². The lowest BCUT2D eigenvalue weighted by Gasteiger charge is -2.08. The average Bonchev–Trinajstić information content (AvgIpc) is 2.34. The van der Waals surface area contributed by atoms with E-state index in [0.29, 0.717) is 26.0 Å². The molecule has 0 spiro atoms. The monoisotopic (exact) mass is 311 g/mol. The fourth-order valence-electron chi connectivity index (χ4n) is 1.41. The van der Waals surface area contributed by atoms with E-state index in [1.165, 1.54) is 5.56 Å². The van der Waals surface area contributed by atoms with E-state index in [9.17, 15) is 4.79 Å². The Balaban J connectivity index is 2.25. The van der Waals surface area contributed by atoms with Gasteiger partial charge in [0.25, 0.3) is 0 Å². The zero-order valence-corrected chi connectivity index (χ0v) is 12.1. The minimum Gasteiger partial charge on any atom is -0.492 e. The molecule has 4 heteroatoms. The molecular weight excluding hydrogens is 294 g/mol. The zero-order chi connectivity index (χ0) is 13.4. The van der Waals surface area contributed by atoms with Gasteiger partial charge in [-0.25, -0.2) is 0 Å². The number of amides is 1. The summed E-state index contributed by atoms with van der Waals surface area (Å²) in [4.78, 5) is 11.3. The Morgan fingerprint density at radius 1 is 1.56 bits per heavy atom. The number of hydrogen-bond acceptors (Lipinski definition) is 2. The van der Waals surface area contributed by atoms with Crippen molar-refractivity contribution in [1.29, 1.82) is 0 Å². The molecule has 0 saturated carbocycles. The number of hydrogen-bond donors (Lipinski definition) is 1. The third-order valence-corrected chi connectivity index (χ3v) is 2.96. The molecule has 1 N–H and O–H groups in total. The second-order valence-electron chi connectivity index (χ2n) is 3.98. The van der Waals surface area contributed by atoms with E-state index in [1.54, 1.807) is 6.08 Å². The number of aryl methyl sites for hydroxylation is 1. The minimum atomic E-state index is 0.0291. The van der Waals surface area contributed by atoms with Gasteiger partial charge >= 0.3 is 0 Å². The summed E-state index contributed by atoms with van der Waals surface area (Å²) in [6.07, 6.45) is 2.83. The van der Waals surface area contributed by atoms with Crippen molar-refractivity contribution in [1.82, 2.24) is 5.32 Å². The molecule has 1 amide bonds. The molecule has 0 aliphatic carbocycles. The van der Waals surface area contributed by atoms with E-state index in [4.69, 9.17) is 4.74 Å². The molecule has 0 atom stereocenters.